The first-order valence-electron chi connectivity index (χ1n) is 14.5. The first-order valence-corrected chi connectivity index (χ1v) is 14.5. The van der Waals surface area contributed by atoms with E-state index in [-0.39, 0.29) is 18.0 Å². The van der Waals surface area contributed by atoms with Gasteiger partial charge in [-0.15, -0.1) is 0 Å². The molecule has 4 aromatic heterocycles. The fourth-order valence-corrected chi connectivity index (χ4v) is 7.08. The molecule has 0 radical (unpaired) electrons. The number of H-pyrrole nitrogens is 1. The van der Waals surface area contributed by atoms with Gasteiger partial charge in [0.15, 0.2) is 5.82 Å². The summed E-state index contributed by atoms with van der Waals surface area (Å²) in [6, 6.07) is 10.3. The number of amides is 1. The molecule has 8 rings (SSSR count). The number of methoxy groups -OCH3 is 1. The van der Waals surface area contributed by atoms with E-state index in [4.69, 9.17) is 20.4 Å². The van der Waals surface area contributed by atoms with Crippen molar-refractivity contribution in [2.45, 2.75) is 51.2 Å². The van der Waals surface area contributed by atoms with Gasteiger partial charge in [-0.05, 0) is 74.8 Å². The summed E-state index contributed by atoms with van der Waals surface area (Å²) in [6.45, 7) is 3.63. The second-order valence-electron chi connectivity index (χ2n) is 12.1. The predicted octanol–water partition coefficient (Wildman–Crippen LogP) is 4.27. The van der Waals surface area contributed by atoms with E-state index in [0.29, 0.717) is 23.1 Å². The van der Waals surface area contributed by atoms with Crippen molar-refractivity contribution in [1.29, 1.82) is 0 Å². The van der Waals surface area contributed by atoms with E-state index >= 15 is 0 Å². The molecular formula is C31H34N8O2. The summed E-state index contributed by atoms with van der Waals surface area (Å²) in [7, 11) is 3.66. The second kappa shape index (κ2) is 8.91. The van der Waals surface area contributed by atoms with Gasteiger partial charge in [-0.3, -0.25) is 9.89 Å². The normalized spacial score (nSPS) is 22.0. The van der Waals surface area contributed by atoms with Crippen molar-refractivity contribution < 1.29 is 9.53 Å². The molecule has 210 valence electrons. The lowest BCUT2D eigenvalue weighted by Gasteiger charge is -2.27. The van der Waals surface area contributed by atoms with Gasteiger partial charge in [0.25, 0.3) is 5.91 Å². The zero-order valence-electron chi connectivity index (χ0n) is 23.6. The van der Waals surface area contributed by atoms with Crippen LogP contribution in [0.2, 0.25) is 0 Å². The van der Waals surface area contributed by atoms with Crippen molar-refractivity contribution in [3.05, 3.63) is 47.8 Å². The van der Waals surface area contributed by atoms with Crippen LogP contribution in [0, 0.1) is 18.8 Å². The van der Waals surface area contributed by atoms with Gasteiger partial charge >= 0.3 is 0 Å². The fourth-order valence-electron chi connectivity index (χ4n) is 7.08. The molecule has 0 spiro atoms. The number of hydrogen-bond acceptors (Lipinski definition) is 6. The Morgan fingerprint density at radius 3 is 2.68 bits per heavy atom. The van der Waals surface area contributed by atoms with E-state index in [1.165, 1.54) is 12.8 Å². The summed E-state index contributed by atoms with van der Waals surface area (Å²) in [5, 5.41) is 8.28. The highest BCUT2D eigenvalue weighted by Crippen LogP contribution is 2.40. The summed E-state index contributed by atoms with van der Waals surface area (Å²) < 4.78 is 10.2. The van der Waals surface area contributed by atoms with E-state index in [1.807, 2.05) is 37.2 Å². The zero-order chi connectivity index (χ0) is 28.0. The molecule has 10 heteroatoms. The molecular weight excluding hydrogens is 516 g/mol. The molecule has 5 heterocycles. The van der Waals surface area contributed by atoms with Crippen LogP contribution in [0.25, 0.3) is 44.8 Å². The Morgan fingerprint density at radius 2 is 2.00 bits per heavy atom. The average molecular weight is 551 g/mol. The Balaban J connectivity index is 1.25. The molecule has 3 aliphatic rings. The maximum Gasteiger partial charge on any atom is 0.254 e. The quantitative estimate of drug-likeness (QED) is 0.326. The molecule has 2 bridgehead atoms. The van der Waals surface area contributed by atoms with Gasteiger partial charge in [-0.1, -0.05) is 0 Å². The summed E-state index contributed by atoms with van der Waals surface area (Å²) in [4.78, 5) is 25.9. The highest BCUT2D eigenvalue weighted by atomic mass is 16.5. The lowest BCUT2D eigenvalue weighted by molar-refractivity contribution is 0.0700. The van der Waals surface area contributed by atoms with Crippen molar-refractivity contribution in [2.24, 2.45) is 24.6 Å². The Hall–Kier alpha value is -4.18. The topological polar surface area (TPSA) is 120 Å². The van der Waals surface area contributed by atoms with Gasteiger partial charge in [-0.2, -0.15) is 5.10 Å². The summed E-state index contributed by atoms with van der Waals surface area (Å²) in [5.74, 6) is 2.51. The molecule has 10 nitrogen and oxygen atoms in total. The molecule has 1 saturated heterocycles. The number of aryl methyl sites for hydroxylation is 2. The predicted molar refractivity (Wildman–Crippen MR) is 157 cm³/mol. The minimum atomic E-state index is 0.00849. The molecule has 2 aliphatic carbocycles. The van der Waals surface area contributed by atoms with Gasteiger partial charge in [0.05, 0.1) is 30.2 Å². The molecule has 2 saturated carbocycles. The van der Waals surface area contributed by atoms with Gasteiger partial charge in [0, 0.05) is 54.4 Å². The zero-order valence-corrected chi connectivity index (χ0v) is 23.6. The molecule has 1 amide bonds. The van der Waals surface area contributed by atoms with Crippen LogP contribution >= 0.6 is 0 Å². The van der Waals surface area contributed by atoms with E-state index in [9.17, 15) is 4.79 Å². The van der Waals surface area contributed by atoms with Gasteiger partial charge < -0.3 is 24.5 Å². The Labute approximate surface area is 237 Å². The lowest BCUT2D eigenvalue weighted by Crippen LogP contribution is -2.41. The highest BCUT2D eigenvalue weighted by molar-refractivity contribution is 6.00. The van der Waals surface area contributed by atoms with E-state index in [0.717, 1.165) is 76.5 Å². The van der Waals surface area contributed by atoms with Crippen LogP contribution in [0.15, 0.2) is 36.5 Å². The number of nitrogens with zero attached hydrogens (tertiary/aromatic N) is 6. The first-order chi connectivity index (χ1) is 19.9. The van der Waals surface area contributed by atoms with Crippen LogP contribution in [0.5, 0.6) is 5.75 Å². The van der Waals surface area contributed by atoms with E-state index < -0.39 is 0 Å². The number of ether oxygens (including phenoxy) is 1. The van der Waals surface area contributed by atoms with E-state index in [2.05, 4.69) is 37.5 Å². The third-order valence-corrected chi connectivity index (χ3v) is 9.53. The van der Waals surface area contributed by atoms with Gasteiger partial charge in [0.1, 0.15) is 16.9 Å². The number of pyridine rings is 1. The summed E-state index contributed by atoms with van der Waals surface area (Å²) in [5.41, 5.74) is 13.5. The number of carbonyl (C=O) groups is 1. The van der Waals surface area contributed by atoms with Gasteiger partial charge in [0.2, 0.25) is 0 Å². The fraction of sp³-hybridized carbons (Fsp3) is 0.419. The van der Waals surface area contributed by atoms with Crippen LogP contribution in [0.3, 0.4) is 0 Å². The SMILES string of the molecule is COc1cc(C(=O)N2CC3CCC2[C@@H]3N)cc2nc(-c3cc4ccc(-c5cn[nH]c5C)nc4n3CC3CC3)n(C)c12. The maximum atomic E-state index is 13.7. The van der Waals surface area contributed by atoms with Crippen molar-refractivity contribution in [2.75, 3.05) is 13.7 Å². The number of likely N-dealkylation sites (tertiary alicyclic amines) is 1. The highest BCUT2D eigenvalue weighted by Gasteiger charge is 2.47. The van der Waals surface area contributed by atoms with Crippen LogP contribution in [0.1, 0.15) is 41.7 Å². The van der Waals surface area contributed by atoms with Crippen LogP contribution in [-0.2, 0) is 13.6 Å². The number of fused-ring (bicyclic) bond motifs is 4. The molecule has 3 fully saturated rings. The Morgan fingerprint density at radius 1 is 1.15 bits per heavy atom. The van der Waals surface area contributed by atoms with Crippen molar-refractivity contribution in [3.8, 4) is 28.5 Å². The van der Waals surface area contributed by atoms with Crippen LogP contribution < -0.4 is 10.5 Å². The third-order valence-electron chi connectivity index (χ3n) is 9.53. The number of imidazole rings is 1. The lowest BCUT2D eigenvalue weighted by atomic mass is 10.1. The van der Waals surface area contributed by atoms with Crippen molar-refractivity contribution in [1.82, 2.24) is 34.2 Å². The maximum absolute atomic E-state index is 13.7. The van der Waals surface area contributed by atoms with Crippen molar-refractivity contribution >= 4 is 28.0 Å². The molecule has 5 aromatic rings. The molecule has 2 unspecified atom stereocenters. The standard InChI is InChI=1S/C31H34N8O2/c1-16-21(13-33-36-16)22-8-6-18-11-25(38(29(18)34-22)14-17-4-5-17)30-35-23-10-20(12-26(41-3)28(23)37(30)2)31(40)39-15-19-7-9-24(39)27(19)32/h6,8,10-13,17,19,24,27H,4-5,7,9,14-15,32H2,1-3H3,(H,33,36)/t19?,24?,27-/m1/s1. The molecule has 1 aromatic carbocycles. The second-order valence-corrected chi connectivity index (χ2v) is 12.1. The van der Waals surface area contributed by atoms with E-state index in [1.54, 1.807) is 7.11 Å². The van der Waals surface area contributed by atoms with Crippen LogP contribution in [-0.4, -0.2) is 65.8 Å². The number of nitrogens with one attached hydrogen (secondary N) is 1. The molecule has 3 atom stereocenters. The smallest absolute Gasteiger partial charge is 0.254 e. The molecule has 3 N–H and O–H groups in total. The summed E-state index contributed by atoms with van der Waals surface area (Å²) >= 11 is 0. The average Bonchev–Trinajstić information content (AvgIpc) is 3.23. The minimum Gasteiger partial charge on any atom is -0.494 e. The number of benzene rings is 1. The monoisotopic (exact) mass is 550 g/mol. The first kappa shape index (κ1) is 24.6. The largest absolute Gasteiger partial charge is 0.494 e. The Kier molecular flexibility index (Phi) is 5.35. The van der Waals surface area contributed by atoms with Gasteiger partial charge in [-0.25, -0.2) is 9.97 Å². The summed E-state index contributed by atoms with van der Waals surface area (Å²) in [6.07, 6.45) is 6.36. The number of carbonyl (C=O) groups excluding carboxylic acids is 1. The molecule has 1 aliphatic heterocycles. The minimum absolute atomic E-state index is 0.00849. The number of hydrogen-bond donors (Lipinski definition) is 2. The number of aromatic amines is 1. The van der Waals surface area contributed by atoms with Crippen LogP contribution in [0.4, 0.5) is 0 Å². The third kappa shape index (κ3) is 3.73. The number of aromatic nitrogens is 6. The molecule has 41 heavy (non-hydrogen) atoms. The van der Waals surface area contributed by atoms with Crippen molar-refractivity contribution in [3.63, 3.8) is 0 Å². The number of rotatable bonds is 6. The Bertz CT molecular complexity index is 1840. The number of nitrogens with two attached hydrogens (primary N) is 1. The number of piperidine rings is 1.